The van der Waals surface area contributed by atoms with Crippen LogP contribution in [-0.2, 0) is 0 Å². The number of amides is 1. The van der Waals surface area contributed by atoms with Gasteiger partial charge in [-0.15, -0.1) is 0 Å². The highest BCUT2D eigenvalue weighted by Crippen LogP contribution is 2.24. The first-order valence-electron chi connectivity index (χ1n) is 5.71. The molecule has 0 atom stereocenters. The molecule has 0 bridgehead atoms. The minimum Gasteiger partial charge on any atom is -0.396 e. The first kappa shape index (κ1) is 14.3. The summed E-state index contributed by atoms with van der Waals surface area (Å²) < 4.78 is 26.6. The number of carbonyl (C=O) groups excluding carboxylic acids is 1. The van der Waals surface area contributed by atoms with Crippen molar-refractivity contribution in [3.8, 4) is 0 Å². The summed E-state index contributed by atoms with van der Waals surface area (Å²) in [6.45, 7) is 1.72. The van der Waals surface area contributed by atoms with Crippen molar-refractivity contribution < 1.29 is 13.6 Å². The fourth-order valence-electron chi connectivity index (χ4n) is 1.67. The molecule has 0 aliphatic carbocycles. The highest BCUT2D eigenvalue weighted by molar-refractivity contribution is 6.31. The lowest BCUT2D eigenvalue weighted by Crippen LogP contribution is -2.15. The van der Waals surface area contributed by atoms with Gasteiger partial charge in [0.15, 0.2) is 0 Å². The van der Waals surface area contributed by atoms with E-state index >= 15 is 0 Å². The topological polar surface area (TPSA) is 55.1 Å². The summed E-state index contributed by atoms with van der Waals surface area (Å²) in [7, 11) is 0. The molecule has 20 heavy (non-hydrogen) atoms. The van der Waals surface area contributed by atoms with Crippen LogP contribution in [0.1, 0.15) is 15.9 Å². The number of nitrogen functional groups attached to an aromatic ring is 1. The molecule has 0 heterocycles. The van der Waals surface area contributed by atoms with Crippen LogP contribution in [0.3, 0.4) is 0 Å². The number of hydrogen-bond acceptors (Lipinski definition) is 2. The van der Waals surface area contributed by atoms with Gasteiger partial charge in [0.25, 0.3) is 5.91 Å². The first-order chi connectivity index (χ1) is 9.40. The van der Waals surface area contributed by atoms with Gasteiger partial charge in [0, 0.05) is 16.8 Å². The van der Waals surface area contributed by atoms with E-state index in [9.17, 15) is 13.6 Å². The molecule has 2 aromatic rings. The molecule has 0 fully saturated rings. The molecule has 0 aromatic heterocycles. The molecule has 6 heteroatoms. The van der Waals surface area contributed by atoms with Crippen molar-refractivity contribution in [2.45, 2.75) is 6.92 Å². The maximum Gasteiger partial charge on any atom is 0.258 e. The quantitative estimate of drug-likeness (QED) is 0.829. The molecule has 3 nitrogen and oxygen atoms in total. The molecule has 3 N–H and O–H groups in total. The van der Waals surface area contributed by atoms with E-state index in [1.165, 1.54) is 0 Å². The molecular weight excluding hydrogens is 286 g/mol. The Morgan fingerprint density at radius 1 is 1.25 bits per heavy atom. The summed E-state index contributed by atoms with van der Waals surface area (Å²) in [5, 5.41) is 2.99. The van der Waals surface area contributed by atoms with Crippen molar-refractivity contribution in [1.82, 2.24) is 0 Å². The minimum atomic E-state index is -0.978. The Labute approximate surface area is 119 Å². The molecule has 0 radical (unpaired) electrons. The van der Waals surface area contributed by atoms with Crippen molar-refractivity contribution in [3.63, 3.8) is 0 Å². The molecule has 2 aromatic carbocycles. The largest absolute Gasteiger partial charge is 0.396 e. The third-order valence-electron chi connectivity index (χ3n) is 2.85. The molecule has 1 amide bonds. The van der Waals surface area contributed by atoms with E-state index < -0.39 is 17.5 Å². The summed E-state index contributed by atoms with van der Waals surface area (Å²) in [5.74, 6) is -2.61. The van der Waals surface area contributed by atoms with Gasteiger partial charge in [-0.05, 0) is 30.7 Å². The average molecular weight is 297 g/mol. The molecule has 0 aliphatic rings. The average Bonchev–Trinajstić information content (AvgIpc) is 2.39. The van der Waals surface area contributed by atoms with Crippen LogP contribution in [0.15, 0.2) is 30.3 Å². The second kappa shape index (κ2) is 5.46. The number of nitrogens with two attached hydrogens (primary N) is 1. The maximum absolute atomic E-state index is 13.6. The van der Waals surface area contributed by atoms with Crippen LogP contribution in [-0.4, -0.2) is 5.91 Å². The number of nitrogens with one attached hydrogen (secondary N) is 1. The monoisotopic (exact) mass is 296 g/mol. The number of hydrogen-bond donors (Lipinski definition) is 2. The molecule has 0 saturated carbocycles. The first-order valence-corrected chi connectivity index (χ1v) is 6.09. The van der Waals surface area contributed by atoms with Crippen LogP contribution < -0.4 is 11.1 Å². The molecule has 0 unspecified atom stereocenters. The van der Waals surface area contributed by atoms with Crippen molar-refractivity contribution >= 4 is 28.9 Å². The van der Waals surface area contributed by atoms with Crippen molar-refractivity contribution in [2.24, 2.45) is 0 Å². The van der Waals surface area contributed by atoms with Gasteiger partial charge in [-0.2, -0.15) is 0 Å². The standard InChI is InChI=1S/C14H11ClF2N2O/c1-7-9(15)3-2-4-13(7)19-14(20)8-5-12(18)11(17)6-10(8)16/h2-6H,18H2,1H3,(H,19,20). The minimum absolute atomic E-state index is 0.292. The Morgan fingerprint density at radius 2 is 1.95 bits per heavy atom. The maximum atomic E-state index is 13.6. The SMILES string of the molecule is Cc1c(Cl)cccc1NC(=O)c1cc(N)c(F)cc1F. The van der Waals surface area contributed by atoms with Crippen LogP contribution in [0.25, 0.3) is 0 Å². The summed E-state index contributed by atoms with van der Waals surface area (Å²) in [4.78, 5) is 12.0. The van der Waals surface area contributed by atoms with Gasteiger partial charge >= 0.3 is 0 Å². The van der Waals surface area contributed by atoms with Crippen molar-refractivity contribution in [3.05, 3.63) is 58.1 Å². The van der Waals surface area contributed by atoms with E-state index in [1.54, 1.807) is 25.1 Å². The van der Waals surface area contributed by atoms with E-state index in [4.69, 9.17) is 17.3 Å². The van der Waals surface area contributed by atoms with Crippen LogP contribution in [0.5, 0.6) is 0 Å². The van der Waals surface area contributed by atoms with E-state index in [-0.39, 0.29) is 11.3 Å². The van der Waals surface area contributed by atoms with Gasteiger partial charge in [-0.25, -0.2) is 8.78 Å². The van der Waals surface area contributed by atoms with Gasteiger partial charge in [0.05, 0.1) is 11.3 Å². The lowest BCUT2D eigenvalue weighted by Gasteiger charge is -2.10. The van der Waals surface area contributed by atoms with Gasteiger partial charge in [-0.1, -0.05) is 17.7 Å². The van der Waals surface area contributed by atoms with E-state index in [0.29, 0.717) is 22.3 Å². The Bertz CT molecular complexity index is 689. The zero-order valence-electron chi connectivity index (χ0n) is 10.5. The second-order valence-corrected chi connectivity index (χ2v) is 4.63. The van der Waals surface area contributed by atoms with Gasteiger partial charge < -0.3 is 11.1 Å². The fourth-order valence-corrected chi connectivity index (χ4v) is 1.85. The lowest BCUT2D eigenvalue weighted by atomic mass is 10.1. The molecular formula is C14H11ClF2N2O. The van der Waals surface area contributed by atoms with Crippen molar-refractivity contribution in [2.75, 3.05) is 11.1 Å². The number of carbonyl (C=O) groups is 1. The van der Waals surface area contributed by atoms with Crippen LogP contribution in [0.4, 0.5) is 20.2 Å². The van der Waals surface area contributed by atoms with Gasteiger partial charge in [0.1, 0.15) is 11.6 Å². The highest BCUT2D eigenvalue weighted by atomic mass is 35.5. The normalized spacial score (nSPS) is 10.4. The zero-order valence-corrected chi connectivity index (χ0v) is 11.3. The lowest BCUT2D eigenvalue weighted by molar-refractivity contribution is 0.102. The van der Waals surface area contributed by atoms with Crippen LogP contribution >= 0.6 is 11.6 Å². The summed E-state index contributed by atoms with van der Waals surface area (Å²) >= 11 is 5.93. The highest BCUT2D eigenvalue weighted by Gasteiger charge is 2.16. The zero-order chi connectivity index (χ0) is 14.9. The predicted octanol–water partition coefficient (Wildman–Crippen LogP) is 3.76. The number of anilines is 2. The van der Waals surface area contributed by atoms with E-state index in [1.807, 2.05) is 0 Å². The third kappa shape index (κ3) is 2.72. The number of benzene rings is 2. The Morgan fingerprint density at radius 3 is 2.65 bits per heavy atom. The Hall–Kier alpha value is -2.14. The Balaban J connectivity index is 2.33. The molecule has 2 rings (SSSR count). The van der Waals surface area contributed by atoms with E-state index in [2.05, 4.69) is 5.32 Å². The summed E-state index contributed by atoms with van der Waals surface area (Å²) in [6, 6.07) is 6.49. The van der Waals surface area contributed by atoms with E-state index in [0.717, 1.165) is 6.07 Å². The molecule has 104 valence electrons. The van der Waals surface area contributed by atoms with Crippen LogP contribution in [0.2, 0.25) is 5.02 Å². The molecule has 0 aliphatic heterocycles. The number of rotatable bonds is 2. The van der Waals surface area contributed by atoms with Crippen LogP contribution in [0, 0.1) is 18.6 Å². The van der Waals surface area contributed by atoms with Crippen molar-refractivity contribution in [1.29, 1.82) is 0 Å². The number of halogens is 3. The summed E-state index contributed by atoms with van der Waals surface area (Å²) in [6.07, 6.45) is 0. The van der Waals surface area contributed by atoms with Gasteiger partial charge in [-0.3, -0.25) is 4.79 Å². The predicted molar refractivity (Wildman–Crippen MR) is 74.9 cm³/mol. The summed E-state index contributed by atoms with van der Waals surface area (Å²) in [5.41, 5.74) is 5.81. The second-order valence-electron chi connectivity index (χ2n) is 4.22. The molecule has 0 saturated heterocycles. The molecule has 0 spiro atoms. The Kier molecular flexibility index (Phi) is 3.90. The third-order valence-corrected chi connectivity index (χ3v) is 3.26. The fraction of sp³-hybridized carbons (Fsp3) is 0.0714. The van der Waals surface area contributed by atoms with Gasteiger partial charge in [0.2, 0.25) is 0 Å². The smallest absolute Gasteiger partial charge is 0.258 e.